The molecule has 0 fully saturated rings. The number of rotatable bonds is 5. The Morgan fingerprint density at radius 2 is 2.47 bits per heavy atom. The monoisotopic (exact) mass is 228 g/mol. The van der Waals surface area contributed by atoms with Crippen LogP contribution in [0.25, 0.3) is 0 Å². The molecule has 0 aromatic carbocycles. The standard InChI is InChI=1S/C10H16N2O2S/c1-7(13)3-4-10(14)11-5-9-6-15-8(2)12-9/h6-7,13H,3-5H2,1-2H3,(H,11,14). The zero-order chi connectivity index (χ0) is 11.3. The fraction of sp³-hybridized carbons (Fsp3) is 0.600. The van der Waals surface area contributed by atoms with E-state index in [1.54, 1.807) is 18.3 Å². The van der Waals surface area contributed by atoms with Crippen LogP contribution < -0.4 is 5.32 Å². The third kappa shape index (κ3) is 4.90. The van der Waals surface area contributed by atoms with Gasteiger partial charge in [-0.05, 0) is 20.3 Å². The number of hydrogen-bond donors (Lipinski definition) is 2. The summed E-state index contributed by atoms with van der Waals surface area (Å²) in [5, 5.41) is 14.7. The van der Waals surface area contributed by atoms with E-state index in [1.165, 1.54) is 0 Å². The maximum atomic E-state index is 11.3. The number of nitrogens with one attached hydrogen (secondary N) is 1. The topological polar surface area (TPSA) is 62.2 Å². The lowest BCUT2D eigenvalue weighted by molar-refractivity contribution is -0.121. The molecule has 1 rings (SSSR count). The summed E-state index contributed by atoms with van der Waals surface area (Å²) >= 11 is 1.57. The molecule has 2 N–H and O–H groups in total. The molecule has 0 aliphatic rings. The van der Waals surface area contributed by atoms with E-state index in [0.717, 1.165) is 10.7 Å². The van der Waals surface area contributed by atoms with Gasteiger partial charge in [-0.3, -0.25) is 4.79 Å². The Labute approximate surface area is 93.4 Å². The fourth-order valence-electron chi connectivity index (χ4n) is 1.11. The first-order chi connectivity index (χ1) is 7.08. The Morgan fingerprint density at radius 3 is 3.00 bits per heavy atom. The molecule has 15 heavy (non-hydrogen) atoms. The first-order valence-corrected chi connectivity index (χ1v) is 5.81. The van der Waals surface area contributed by atoms with Crippen molar-refractivity contribution in [2.45, 2.75) is 39.3 Å². The van der Waals surface area contributed by atoms with Crippen LogP contribution in [0.2, 0.25) is 0 Å². The first kappa shape index (κ1) is 12.1. The van der Waals surface area contributed by atoms with Gasteiger partial charge in [0.2, 0.25) is 5.91 Å². The van der Waals surface area contributed by atoms with Crippen LogP contribution in [0.3, 0.4) is 0 Å². The van der Waals surface area contributed by atoms with E-state index in [-0.39, 0.29) is 5.91 Å². The van der Waals surface area contributed by atoms with Crippen molar-refractivity contribution >= 4 is 17.2 Å². The Bertz CT molecular complexity index is 323. The summed E-state index contributed by atoms with van der Waals surface area (Å²) in [4.78, 5) is 15.5. The van der Waals surface area contributed by atoms with Gasteiger partial charge in [0.1, 0.15) is 0 Å². The molecule has 0 bridgehead atoms. The third-order valence-electron chi connectivity index (χ3n) is 1.92. The quantitative estimate of drug-likeness (QED) is 0.796. The lowest BCUT2D eigenvalue weighted by Gasteiger charge is -2.04. The van der Waals surface area contributed by atoms with Gasteiger partial charge in [-0.15, -0.1) is 11.3 Å². The molecule has 0 saturated heterocycles. The van der Waals surface area contributed by atoms with Gasteiger partial charge in [-0.1, -0.05) is 0 Å². The highest BCUT2D eigenvalue weighted by atomic mass is 32.1. The fourth-order valence-corrected chi connectivity index (χ4v) is 1.72. The van der Waals surface area contributed by atoms with Crippen LogP contribution in [0.15, 0.2) is 5.38 Å². The highest BCUT2D eigenvalue weighted by molar-refractivity contribution is 7.09. The van der Waals surface area contributed by atoms with Crippen LogP contribution in [0, 0.1) is 6.92 Å². The summed E-state index contributed by atoms with van der Waals surface area (Å²) in [6.45, 7) is 4.09. The molecular weight excluding hydrogens is 212 g/mol. The summed E-state index contributed by atoms with van der Waals surface area (Å²) in [6, 6.07) is 0. The number of hydrogen-bond acceptors (Lipinski definition) is 4. The Hall–Kier alpha value is -0.940. The number of nitrogens with zero attached hydrogens (tertiary/aromatic N) is 1. The molecule has 1 aromatic rings. The molecule has 1 aromatic heterocycles. The molecule has 1 heterocycles. The summed E-state index contributed by atoms with van der Waals surface area (Å²) in [7, 11) is 0. The molecule has 0 saturated carbocycles. The minimum atomic E-state index is -0.419. The Balaban J connectivity index is 2.22. The molecule has 1 unspecified atom stereocenters. The smallest absolute Gasteiger partial charge is 0.220 e. The van der Waals surface area contributed by atoms with Gasteiger partial charge in [0.05, 0.1) is 23.4 Å². The van der Waals surface area contributed by atoms with Crippen molar-refractivity contribution in [1.29, 1.82) is 0 Å². The number of thiazole rings is 1. The minimum Gasteiger partial charge on any atom is -0.393 e. The number of aromatic nitrogens is 1. The SMILES string of the molecule is Cc1nc(CNC(=O)CCC(C)O)cs1. The largest absolute Gasteiger partial charge is 0.393 e. The highest BCUT2D eigenvalue weighted by Crippen LogP contribution is 2.07. The predicted octanol–water partition coefficient (Wildman–Crippen LogP) is 1.23. The number of aliphatic hydroxyl groups is 1. The Morgan fingerprint density at radius 1 is 1.73 bits per heavy atom. The molecule has 0 spiro atoms. The van der Waals surface area contributed by atoms with E-state index < -0.39 is 6.10 Å². The molecule has 0 aliphatic carbocycles. The maximum absolute atomic E-state index is 11.3. The summed E-state index contributed by atoms with van der Waals surface area (Å²) in [5.41, 5.74) is 0.892. The summed E-state index contributed by atoms with van der Waals surface area (Å²) in [5.74, 6) is -0.0402. The second-order valence-electron chi connectivity index (χ2n) is 3.52. The number of carbonyl (C=O) groups is 1. The zero-order valence-corrected chi connectivity index (χ0v) is 9.80. The van der Waals surface area contributed by atoms with Gasteiger partial charge in [0, 0.05) is 11.8 Å². The number of amides is 1. The molecule has 1 atom stereocenters. The van der Waals surface area contributed by atoms with E-state index in [0.29, 0.717) is 19.4 Å². The molecule has 0 radical (unpaired) electrons. The van der Waals surface area contributed by atoms with Gasteiger partial charge in [0.25, 0.3) is 0 Å². The molecule has 1 amide bonds. The molecule has 0 aliphatic heterocycles. The number of aliphatic hydroxyl groups excluding tert-OH is 1. The van der Waals surface area contributed by atoms with Crippen LogP contribution in [0.4, 0.5) is 0 Å². The average molecular weight is 228 g/mol. The molecule has 4 nitrogen and oxygen atoms in total. The van der Waals surface area contributed by atoms with Crippen LogP contribution in [-0.4, -0.2) is 22.1 Å². The molecular formula is C10H16N2O2S. The van der Waals surface area contributed by atoms with Gasteiger partial charge in [-0.25, -0.2) is 4.98 Å². The van der Waals surface area contributed by atoms with Crippen molar-refractivity contribution in [3.8, 4) is 0 Å². The second-order valence-corrected chi connectivity index (χ2v) is 4.58. The highest BCUT2D eigenvalue weighted by Gasteiger charge is 2.05. The number of carbonyl (C=O) groups excluding carboxylic acids is 1. The van der Waals surface area contributed by atoms with Gasteiger partial charge >= 0.3 is 0 Å². The van der Waals surface area contributed by atoms with Crippen molar-refractivity contribution in [3.05, 3.63) is 16.1 Å². The molecule has 5 heteroatoms. The van der Waals surface area contributed by atoms with Gasteiger partial charge < -0.3 is 10.4 Å². The van der Waals surface area contributed by atoms with E-state index >= 15 is 0 Å². The van der Waals surface area contributed by atoms with E-state index in [1.807, 2.05) is 12.3 Å². The second kappa shape index (κ2) is 5.82. The van der Waals surface area contributed by atoms with E-state index in [4.69, 9.17) is 5.11 Å². The van der Waals surface area contributed by atoms with Crippen molar-refractivity contribution in [1.82, 2.24) is 10.3 Å². The first-order valence-electron chi connectivity index (χ1n) is 4.93. The Kier molecular flexibility index (Phi) is 4.71. The van der Waals surface area contributed by atoms with Crippen molar-refractivity contribution < 1.29 is 9.90 Å². The van der Waals surface area contributed by atoms with Crippen LogP contribution in [-0.2, 0) is 11.3 Å². The number of aryl methyl sites for hydroxylation is 1. The zero-order valence-electron chi connectivity index (χ0n) is 8.99. The van der Waals surface area contributed by atoms with Crippen molar-refractivity contribution in [2.75, 3.05) is 0 Å². The van der Waals surface area contributed by atoms with E-state index in [9.17, 15) is 4.79 Å². The molecule has 84 valence electrons. The average Bonchev–Trinajstić information content (AvgIpc) is 2.58. The van der Waals surface area contributed by atoms with Crippen molar-refractivity contribution in [2.24, 2.45) is 0 Å². The van der Waals surface area contributed by atoms with E-state index in [2.05, 4.69) is 10.3 Å². The van der Waals surface area contributed by atoms with Crippen LogP contribution >= 0.6 is 11.3 Å². The van der Waals surface area contributed by atoms with Gasteiger partial charge in [-0.2, -0.15) is 0 Å². The van der Waals surface area contributed by atoms with Gasteiger partial charge in [0.15, 0.2) is 0 Å². The lowest BCUT2D eigenvalue weighted by Crippen LogP contribution is -2.23. The minimum absolute atomic E-state index is 0.0402. The maximum Gasteiger partial charge on any atom is 0.220 e. The van der Waals surface area contributed by atoms with Crippen molar-refractivity contribution in [3.63, 3.8) is 0 Å². The predicted molar refractivity (Wildman–Crippen MR) is 59.6 cm³/mol. The normalized spacial score (nSPS) is 12.5. The van der Waals surface area contributed by atoms with Crippen LogP contribution in [0.5, 0.6) is 0 Å². The van der Waals surface area contributed by atoms with Crippen LogP contribution in [0.1, 0.15) is 30.5 Å². The third-order valence-corrected chi connectivity index (χ3v) is 2.74. The summed E-state index contributed by atoms with van der Waals surface area (Å²) in [6.07, 6.45) is 0.445. The summed E-state index contributed by atoms with van der Waals surface area (Å²) < 4.78 is 0. The lowest BCUT2D eigenvalue weighted by atomic mass is 10.2.